The summed E-state index contributed by atoms with van der Waals surface area (Å²) in [6, 6.07) is 8.16. The van der Waals surface area contributed by atoms with Crippen LogP contribution in [0.2, 0.25) is 0 Å². The molecule has 2 aromatic rings. The third-order valence-electron chi connectivity index (χ3n) is 3.04. The van der Waals surface area contributed by atoms with Crippen LogP contribution in [-0.2, 0) is 0 Å². The molecule has 0 aromatic heterocycles. The smallest absolute Gasteiger partial charge is 0.387 e. The third-order valence-corrected chi connectivity index (χ3v) is 3.53. The van der Waals surface area contributed by atoms with Crippen LogP contribution in [0.15, 0.2) is 46.9 Å². The van der Waals surface area contributed by atoms with E-state index in [1.54, 1.807) is 6.07 Å². The van der Waals surface area contributed by atoms with E-state index in [1.165, 1.54) is 49.6 Å². The predicted molar refractivity (Wildman–Crippen MR) is 87.1 cm³/mol. The van der Waals surface area contributed by atoms with E-state index in [0.29, 0.717) is 4.47 Å². The maximum Gasteiger partial charge on any atom is 0.387 e. The quantitative estimate of drug-likeness (QED) is 0.500. The Kier molecular flexibility index (Phi) is 6.03. The van der Waals surface area contributed by atoms with Crippen LogP contribution in [0.5, 0.6) is 11.5 Å². The van der Waals surface area contributed by atoms with Gasteiger partial charge in [0.25, 0.3) is 0 Å². The van der Waals surface area contributed by atoms with Crippen LogP contribution in [0.1, 0.15) is 15.9 Å². The molecule has 0 N–H and O–H groups in total. The predicted octanol–water partition coefficient (Wildman–Crippen LogP) is 5.09. The van der Waals surface area contributed by atoms with Crippen LogP contribution in [0, 0.1) is 5.82 Å². The SMILES string of the molecule is COc1cc(C(=O)/C=C/c2cc(Br)ccc2F)ccc1OC(F)F. The molecule has 0 fully saturated rings. The van der Waals surface area contributed by atoms with E-state index in [9.17, 15) is 18.0 Å². The normalized spacial score (nSPS) is 11.1. The zero-order chi connectivity index (χ0) is 17.7. The molecule has 0 bridgehead atoms. The highest BCUT2D eigenvalue weighted by molar-refractivity contribution is 9.10. The van der Waals surface area contributed by atoms with Crippen molar-refractivity contribution in [2.24, 2.45) is 0 Å². The molecular formula is C17H12BrF3O3. The number of alkyl halides is 2. The Balaban J connectivity index is 2.23. The average molecular weight is 401 g/mol. The first-order valence-electron chi connectivity index (χ1n) is 6.71. The van der Waals surface area contributed by atoms with Gasteiger partial charge in [0.2, 0.25) is 0 Å². The van der Waals surface area contributed by atoms with Gasteiger partial charge in [-0.1, -0.05) is 15.9 Å². The van der Waals surface area contributed by atoms with Gasteiger partial charge in [-0.25, -0.2) is 4.39 Å². The van der Waals surface area contributed by atoms with Crippen molar-refractivity contribution in [3.8, 4) is 11.5 Å². The second-order valence-electron chi connectivity index (χ2n) is 4.61. The van der Waals surface area contributed by atoms with Crippen LogP contribution < -0.4 is 9.47 Å². The summed E-state index contributed by atoms with van der Waals surface area (Å²) in [5.41, 5.74) is 0.433. The minimum absolute atomic E-state index is 0.00295. The van der Waals surface area contributed by atoms with Crippen molar-refractivity contribution in [1.29, 1.82) is 0 Å². The number of halogens is 4. The lowest BCUT2D eigenvalue weighted by Crippen LogP contribution is -2.04. The summed E-state index contributed by atoms with van der Waals surface area (Å²) >= 11 is 3.22. The molecule has 0 aliphatic carbocycles. The van der Waals surface area contributed by atoms with Crippen molar-refractivity contribution >= 4 is 27.8 Å². The summed E-state index contributed by atoms with van der Waals surface area (Å²) in [6.45, 7) is -3.00. The Bertz CT molecular complexity index is 776. The number of carbonyl (C=O) groups excluding carboxylic acids is 1. The van der Waals surface area contributed by atoms with E-state index in [4.69, 9.17) is 4.74 Å². The lowest BCUT2D eigenvalue weighted by molar-refractivity contribution is -0.0512. The fourth-order valence-corrected chi connectivity index (χ4v) is 2.30. The highest BCUT2D eigenvalue weighted by Gasteiger charge is 2.13. The molecule has 3 nitrogen and oxygen atoms in total. The van der Waals surface area contributed by atoms with Crippen molar-refractivity contribution in [3.63, 3.8) is 0 Å². The van der Waals surface area contributed by atoms with Gasteiger partial charge in [0, 0.05) is 15.6 Å². The summed E-state index contributed by atoms with van der Waals surface area (Å²) in [4.78, 5) is 12.2. The van der Waals surface area contributed by atoms with Crippen LogP contribution in [-0.4, -0.2) is 19.5 Å². The average Bonchev–Trinajstić information content (AvgIpc) is 2.55. The highest BCUT2D eigenvalue weighted by Crippen LogP contribution is 2.29. The van der Waals surface area contributed by atoms with Crippen LogP contribution >= 0.6 is 15.9 Å². The summed E-state index contributed by atoms with van der Waals surface area (Å²) < 4.78 is 48.1. The van der Waals surface area contributed by atoms with Crippen LogP contribution in [0.25, 0.3) is 6.08 Å². The molecule has 7 heteroatoms. The van der Waals surface area contributed by atoms with Gasteiger partial charge in [0.05, 0.1) is 7.11 Å². The molecule has 24 heavy (non-hydrogen) atoms. The van der Waals surface area contributed by atoms with Gasteiger partial charge in [-0.15, -0.1) is 0 Å². The molecule has 0 unspecified atom stereocenters. The van der Waals surface area contributed by atoms with Crippen LogP contribution in [0.4, 0.5) is 13.2 Å². The second-order valence-corrected chi connectivity index (χ2v) is 5.52. The lowest BCUT2D eigenvalue weighted by Gasteiger charge is -2.10. The lowest BCUT2D eigenvalue weighted by atomic mass is 10.1. The van der Waals surface area contributed by atoms with Crippen molar-refractivity contribution in [3.05, 3.63) is 63.9 Å². The molecule has 2 rings (SSSR count). The molecule has 0 amide bonds. The molecule has 0 aliphatic heterocycles. The fourth-order valence-electron chi connectivity index (χ4n) is 1.92. The van der Waals surface area contributed by atoms with Gasteiger partial charge in [-0.3, -0.25) is 4.79 Å². The maximum atomic E-state index is 13.6. The number of ketones is 1. The van der Waals surface area contributed by atoms with E-state index in [2.05, 4.69) is 20.7 Å². The summed E-state index contributed by atoms with van der Waals surface area (Å²) in [5, 5.41) is 0. The highest BCUT2D eigenvalue weighted by atomic mass is 79.9. The zero-order valence-corrected chi connectivity index (χ0v) is 14.0. The number of carbonyl (C=O) groups is 1. The number of methoxy groups -OCH3 is 1. The van der Waals surface area contributed by atoms with Gasteiger partial charge < -0.3 is 9.47 Å². The van der Waals surface area contributed by atoms with Gasteiger partial charge in [0.15, 0.2) is 17.3 Å². The maximum absolute atomic E-state index is 13.6. The van der Waals surface area contributed by atoms with E-state index in [1.807, 2.05) is 0 Å². The minimum atomic E-state index is -3.00. The van der Waals surface area contributed by atoms with E-state index >= 15 is 0 Å². The Morgan fingerprint density at radius 1 is 1.17 bits per heavy atom. The first kappa shape index (κ1) is 18.1. The molecule has 0 spiro atoms. The number of hydrogen-bond acceptors (Lipinski definition) is 3. The Morgan fingerprint density at radius 2 is 1.92 bits per heavy atom. The summed E-state index contributed by atoms with van der Waals surface area (Å²) in [6.07, 6.45) is 2.52. The molecule has 0 saturated heterocycles. The molecule has 2 aromatic carbocycles. The number of benzene rings is 2. The number of allylic oxidation sites excluding steroid dienone is 1. The fraction of sp³-hybridized carbons (Fsp3) is 0.118. The number of ether oxygens (including phenoxy) is 2. The molecular weight excluding hydrogens is 389 g/mol. The molecule has 0 heterocycles. The number of rotatable bonds is 6. The zero-order valence-electron chi connectivity index (χ0n) is 12.4. The van der Waals surface area contributed by atoms with Gasteiger partial charge >= 0.3 is 6.61 Å². The van der Waals surface area contributed by atoms with Crippen molar-refractivity contribution in [2.75, 3.05) is 7.11 Å². The monoisotopic (exact) mass is 400 g/mol. The Labute approximate surface area is 144 Å². The molecule has 0 radical (unpaired) electrons. The largest absolute Gasteiger partial charge is 0.493 e. The Morgan fingerprint density at radius 3 is 2.58 bits per heavy atom. The Hall–Kier alpha value is -2.28. The molecule has 126 valence electrons. The van der Waals surface area contributed by atoms with Gasteiger partial charge in [0.1, 0.15) is 5.82 Å². The van der Waals surface area contributed by atoms with Crippen molar-refractivity contribution in [2.45, 2.75) is 6.61 Å². The van der Waals surface area contributed by atoms with Crippen molar-refractivity contribution in [1.82, 2.24) is 0 Å². The van der Waals surface area contributed by atoms with E-state index in [-0.39, 0.29) is 22.6 Å². The minimum Gasteiger partial charge on any atom is -0.493 e. The topological polar surface area (TPSA) is 35.5 Å². The van der Waals surface area contributed by atoms with Gasteiger partial charge in [-0.05, 0) is 48.6 Å². The van der Waals surface area contributed by atoms with Crippen molar-refractivity contribution < 1.29 is 27.4 Å². The van der Waals surface area contributed by atoms with E-state index < -0.39 is 18.2 Å². The first-order chi connectivity index (χ1) is 11.4. The summed E-state index contributed by atoms with van der Waals surface area (Å²) in [5.74, 6) is -1.08. The molecule has 0 atom stereocenters. The summed E-state index contributed by atoms with van der Waals surface area (Å²) in [7, 11) is 1.27. The molecule has 0 aliphatic rings. The third kappa shape index (κ3) is 4.61. The standard InChI is InChI=1S/C17H12BrF3O3/c1-23-16-9-11(3-7-15(16)24-17(20)21)14(22)6-2-10-8-12(18)4-5-13(10)19/h2-9,17H,1H3/b6-2+. The second kappa shape index (κ2) is 8.01. The molecule has 0 saturated carbocycles. The van der Waals surface area contributed by atoms with Gasteiger partial charge in [-0.2, -0.15) is 8.78 Å². The number of hydrogen-bond donors (Lipinski definition) is 0. The first-order valence-corrected chi connectivity index (χ1v) is 7.50. The van der Waals surface area contributed by atoms with Crippen LogP contribution in [0.3, 0.4) is 0 Å². The van der Waals surface area contributed by atoms with E-state index in [0.717, 1.165) is 0 Å².